The average molecular weight is 594 g/mol. The molecular weight excluding hydrogens is 568 g/mol. The van der Waals surface area contributed by atoms with Gasteiger partial charge in [0.15, 0.2) is 11.4 Å². The van der Waals surface area contributed by atoms with Crippen LogP contribution in [-0.4, -0.2) is 38.6 Å². The second-order valence-corrected chi connectivity index (χ2v) is 10.5. The minimum absolute atomic E-state index is 0.0204. The Morgan fingerprint density at radius 2 is 1.33 bits per heavy atom. The molecule has 0 saturated heterocycles. The van der Waals surface area contributed by atoms with Crippen LogP contribution in [0.5, 0.6) is 0 Å². The molecule has 0 radical (unpaired) electrons. The Bertz CT molecular complexity index is 1660. The van der Waals surface area contributed by atoms with Crippen molar-refractivity contribution in [1.82, 2.24) is 9.55 Å². The van der Waals surface area contributed by atoms with Crippen LogP contribution in [0.25, 0.3) is 16.6 Å². The van der Waals surface area contributed by atoms with Crippen molar-refractivity contribution in [1.29, 1.82) is 0 Å². The maximum atomic E-state index is 13.8. The van der Waals surface area contributed by atoms with Crippen molar-refractivity contribution >= 4 is 16.9 Å². The largest absolute Gasteiger partial charge is 0.458 e. The Morgan fingerprint density at radius 1 is 0.810 bits per heavy atom. The number of esters is 1. The third-order valence-corrected chi connectivity index (χ3v) is 6.44. The number of nitrogens with two attached hydrogens (primary N) is 1. The lowest BCUT2D eigenvalue weighted by molar-refractivity contribution is -0.376. The fourth-order valence-electron chi connectivity index (χ4n) is 4.37. The molecule has 7 nitrogen and oxygen atoms in total. The Hall–Kier alpha value is -4.23. The molecule has 13 heteroatoms. The van der Waals surface area contributed by atoms with E-state index in [1.165, 1.54) is 30.3 Å². The molecular formula is C29H25F6N3O4. The highest BCUT2D eigenvalue weighted by Crippen LogP contribution is 2.50. The molecule has 222 valence electrons. The second kappa shape index (κ2) is 10.2. The van der Waals surface area contributed by atoms with E-state index in [1.807, 2.05) is 0 Å². The third-order valence-electron chi connectivity index (χ3n) is 6.44. The number of carbonyl (C=O) groups excluding carboxylic acids is 1. The Balaban J connectivity index is 2.06. The molecule has 4 rings (SSSR count). The summed E-state index contributed by atoms with van der Waals surface area (Å²) in [5.74, 6) is -1.45. The Kier molecular flexibility index (Phi) is 7.49. The minimum Gasteiger partial charge on any atom is -0.458 e. The van der Waals surface area contributed by atoms with E-state index in [2.05, 4.69) is 4.98 Å². The van der Waals surface area contributed by atoms with Crippen LogP contribution in [0, 0.1) is 0 Å². The molecule has 0 spiro atoms. The summed E-state index contributed by atoms with van der Waals surface area (Å²) in [5, 5.41) is 9.83. The zero-order valence-corrected chi connectivity index (χ0v) is 22.4. The quantitative estimate of drug-likeness (QED) is 0.242. The number of aliphatic hydroxyl groups is 1. The standard InChI is InChI=1S/C29H25F6N3O4/c1-25(2,3)42-24(40)26(36,17-9-5-4-6-10-17)23-37-21-12-8-7-11-20(21)22(39)38(23)19-15-13-18(14-16-19)27(41,28(30,31)32)29(33,34)35/h4-16,41H,36H2,1-3H3. The summed E-state index contributed by atoms with van der Waals surface area (Å²) in [6.45, 7) is 4.75. The fraction of sp³-hybridized carbons (Fsp3) is 0.276. The molecule has 0 aliphatic carbocycles. The number of hydrogen-bond acceptors (Lipinski definition) is 6. The smallest absolute Gasteiger partial charge is 0.430 e. The second-order valence-electron chi connectivity index (χ2n) is 10.5. The van der Waals surface area contributed by atoms with Crippen LogP contribution in [0.2, 0.25) is 0 Å². The van der Waals surface area contributed by atoms with Gasteiger partial charge in [0.2, 0.25) is 0 Å². The number of para-hydroxylation sites is 1. The van der Waals surface area contributed by atoms with Crippen LogP contribution in [0.4, 0.5) is 26.3 Å². The maximum Gasteiger partial charge on any atom is 0.430 e. The summed E-state index contributed by atoms with van der Waals surface area (Å²) >= 11 is 0. The van der Waals surface area contributed by atoms with E-state index in [1.54, 1.807) is 45.0 Å². The van der Waals surface area contributed by atoms with Gasteiger partial charge < -0.3 is 15.6 Å². The van der Waals surface area contributed by atoms with Gasteiger partial charge in [-0.1, -0.05) is 54.6 Å². The number of alkyl halides is 6. The number of rotatable bonds is 5. The van der Waals surface area contributed by atoms with E-state index in [-0.39, 0.29) is 22.2 Å². The summed E-state index contributed by atoms with van der Waals surface area (Å²) in [6, 6.07) is 16.0. The molecule has 1 atom stereocenters. The van der Waals surface area contributed by atoms with E-state index in [0.29, 0.717) is 12.1 Å². The molecule has 0 fully saturated rings. The molecule has 4 aromatic rings. The number of carbonyl (C=O) groups is 1. The van der Waals surface area contributed by atoms with Crippen molar-refractivity contribution in [3.05, 3.63) is 106 Å². The molecule has 0 bridgehead atoms. The monoisotopic (exact) mass is 593 g/mol. The first-order valence-corrected chi connectivity index (χ1v) is 12.4. The van der Waals surface area contributed by atoms with Crippen LogP contribution >= 0.6 is 0 Å². The van der Waals surface area contributed by atoms with Gasteiger partial charge in [-0.25, -0.2) is 9.78 Å². The lowest BCUT2D eigenvalue weighted by Crippen LogP contribution is -2.54. The summed E-state index contributed by atoms with van der Waals surface area (Å²) in [4.78, 5) is 32.1. The molecule has 3 aromatic carbocycles. The van der Waals surface area contributed by atoms with Gasteiger partial charge in [-0.2, -0.15) is 26.3 Å². The highest BCUT2D eigenvalue weighted by Gasteiger charge is 2.71. The molecule has 1 unspecified atom stereocenters. The first-order chi connectivity index (χ1) is 19.3. The number of benzene rings is 3. The SMILES string of the molecule is CC(C)(C)OC(=O)C(N)(c1ccccc1)c1nc2ccccc2c(=O)n1-c1ccc(C(O)(C(F)(F)F)C(F)(F)F)cc1. The zero-order valence-electron chi connectivity index (χ0n) is 22.4. The van der Waals surface area contributed by atoms with Gasteiger partial charge in [0.1, 0.15) is 5.60 Å². The lowest BCUT2D eigenvalue weighted by Gasteiger charge is -2.33. The summed E-state index contributed by atoms with van der Waals surface area (Å²) in [6.07, 6.45) is -12.2. The van der Waals surface area contributed by atoms with Gasteiger partial charge in [0.05, 0.1) is 16.6 Å². The molecule has 0 amide bonds. The van der Waals surface area contributed by atoms with Gasteiger partial charge in [-0.3, -0.25) is 9.36 Å². The molecule has 0 saturated carbocycles. The van der Waals surface area contributed by atoms with Gasteiger partial charge in [-0.05, 0) is 50.6 Å². The van der Waals surface area contributed by atoms with Crippen molar-refractivity contribution in [3.63, 3.8) is 0 Å². The number of ether oxygens (including phenoxy) is 1. The number of halogens is 6. The highest BCUT2D eigenvalue weighted by atomic mass is 19.4. The van der Waals surface area contributed by atoms with Crippen LogP contribution in [0.15, 0.2) is 83.7 Å². The Morgan fingerprint density at radius 3 is 1.86 bits per heavy atom. The first kappa shape index (κ1) is 30.7. The van der Waals surface area contributed by atoms with E-state index >= 15 is 0 Å². The lowest BCUT2D eigenvalue weighted by atomic mass is 9.88. The third kappa shape index (κ3) is 5.13. The van der Waals surface area contributed by atoms with Crippen molar-refractivity contribution in [2.24, 2.45) is 5.73 Å². The van der Waals surface area contributed by atoms with E-state index in [4.69, 9.17) is 10.5 Å². The molecule has 1 heterocycles. The average Bonchev–Trinajstić information content (AvgIpc) is 2.90. The number of nitrogens with zero attached hydrogens (tertiary/aromatic N) is 2. The molecule has 0 aliphatic heterocycles. The van der Waals surface area contributed by atoms with Gasteiger partial charge >= 0.3 is 18.3 Å². The minimum atomic E-state index is -6.12. The van der Waals surface area contributed by atoms with Crippen molar-refractivity contribution < 1.29 is 41.0 Å². The van der Waals surface area contributed by atoms with Crippen LogP contribution in [-0.2, 0) is 20.7 Å². The topological polar surface area (TPSA) is 107 Å². The number of hydrogen-bond donors (Lipinski definition) is 2. The van der Waals surface area contributed by atoms with E-state index < -0.39 is 52.0 Å². The van der Waals surface area contributed by atoms with Crippen molar-refractivity contribution in [2.75, 3.05) is 0 Å². The molecule has 3 N–H and O–H groups in total. The number of fused-ring (bicyclic) bond motifs is 1. The van der Waals surface area contributed by atoms with Gasteiger partial charge in [-0.15, -0.1) is 0 Å². The van der Waals surface area contributed by atoms with Gasteiger partial charge in [0, 0.05) is 5.56 Å². The van der Waals surface area contributed by atoms with E-state index in [9.17, 15) is 41.0 Å². The summed E-state index contributed by atoms with van der Waals surface area (Å²) < 4.78 is 87.3. The zero-order chi connectivity index (χ0) is 31.3. The van der Waals surface area contributed by atoms with Crippen molar-refractivity contribution in [3.8, 4) is 5.69 Å². The molecule has 1 aromatic heterocycles. The normalized spacial score (nSPS) is 14.5. The predicted molar refractivity (Wildman–Crippen MR) is 141 cm³/mol. The Labute approximate surface area is 235 Å². The van der Waals surface area contributed by atoms with Crippen LogP contribution in [0.1, 0.15) is 37.7 Å². The maximum absolute atomic E-state index is 13.8. The predicted octanol–water partition coefficient (Wildman–Crippen LogP) is 5.24. The van der Waals surface area contributed by atoms with Crippen LogP contribution in [0.3, 0.4) is 0 Å². The molecule has 42 heavy (non-hydrogen) atoms. The number of aromatic nitrogens is 2. The van der Waals surface area contributed by atoms with E-state index in [0.717, 1.165) is 16.7 Å². The van der Waals surface area contributed by atoms with Crippen molar-refractivity contribution in [2.45, 2.75) is 49.9 Å². The fourth-order valence-corrected chi connectivity index (χ4v) is 4.37. The summed E-state index contributed by atoms with van der Waals surface area (Å²) in [7, 11) is 0. The highest BCUT2D eigenvalue weighted by molar-refractivity contribution is 5.87. The summed E-state index contributed by atoms with van der Waals surface area (Å²) in [5.41, 5.74) is -4.15. The van der Waals surface area contributed by atoms with Gasteiger partial charge in [0.25, 0.3) is 11.2 Å². The van der Waals surface area contributed by atoms with Crippen LogP contribution < -0.4 is 11.3 Å². The first-order valence-electron chi connectivity index (χ1n) is 12.4. The molecule has 0 aliphatic rings.